The first-order valence-corrected chi connectivity index (χ1v) is 5.75. The van der Waals surface area contributed by atoms with Crippen LogP contribution in [0.4, 0.5) is 5.82 Å². The molecule has 2 N–H and O–H groups in total. The van der Waals surface area contributed by atoms with Crippen LogP contribution in [-0.2, 0) is 14.1 Å². The summed E-state index contributed by atoms with van der Waals surface area (Å²) in [6.07, 6.45) is 0. The number of hydrogen-bond acceptors (Lipinski definition) is 5. The van der Waals surface area contributed by atoms with Gasteiger partial charge in [-0.3, -0.25) is 9.36 Å². The minimum Gasteiger partial charge on any atom is -0.353 e. The largest absolute Gasteiger partial charge is 0.353 e. The van der Waals surface area contributed by atoms with Crippen LogP contribution < -0.4 is 21.9 Å². The van der Waals surface area contributed by atoms with E-state index in [-0.39, 0.29) is 11.2 Å². The average Bonchev–Trinajstić information content (AvgIpc) is 2.30. The lowest BCUT2D eigenvalue weighted by molar-refractivity contribution is 0.382. The number of rotatable bonds is 4. The van der Waals surface area contributed by atoms with Crippen molar-refractivity contribution in [2.24, 2.45) is 25.2 Å². The summed E-state index contributed by atoms with van der Waals surface area (Å²) in [6.45, 7) is 5.11. The van der Waals surface area contributed by atoms with Gasteiger partial charge in [0, 0.05) is 27.7 Å². The molecule has 0 saturated carbocycles. The van der Waals surface area contributed by atoms with Crippen LogP contribution in [0.2, 0.25) is 0 Å². The van der Waals surface area contributed by atoms with Gasteiger partial charge in [-0.15, -0.1) is 5.10 Å². The van der Waals surface area contributed by atoms with E-state index in [0.29, 0.717) is 13.1 Å². The Morgan fingerprint density at radius 2 is 1.89 bits per heavy atom. The van der Waals surface area contributed by atoms with Gasteiger partial charge in [0.2, 0.25) is 5.82 Å². The molecule has 0 fully saturated rings. The Morgan fingerprint density at radius 3 is 2.39 bits per heavy atom. The highest BCUT2D eigenvalue weighted by Crippen LogP contribution is 2.15. The van der Waals surface area contributed by atoms with Gasteiger partial charge in [0.15, 0.2) is 0 Å². The van der Waals surface area contributed by atoms with Crippen LogP contribution in [0.3, 0.4) is 0 Å². The van der Waals surface area contributed by atoms with Crippen molar-refractivity contribution in [2.75, 3.05) is 25.0 Å². The fourth-order valence-electron chi connectivity index (χ4n) is 1.70. The van der Waals surface area contributed by atoms with Crippen LogP contribution in [0.15, 0.2) is 9.59 Å². The normalized spacial score (nSPS) is 11.7. The van der Waals surface area contributed by atoms with Crippen molar-refractivity contribution < 1.29 is 0 Å². The van der Waals surface area contributed by atoms with E-state index < -0.39 is 11.2 Å². The molecule has 7 heteroatoms. The minimum atomic E-state index is -0.435. The van der Waals surface area contributed by atoms with Gasteiger partial charge < -0.3 is 10.6 Å². The van der Waals surface area contributed by atoms with Gasteiger partial charge in [-0.2, -0.15) is 0 Å². The molecule has 0 aliphatic carbocycles. The summed E-state index contributed by atoms with van der Waals surface area (Å²) in [7, 11) is 4.73. The zero-order valence-corrected chi connectivity index (χ0v) is 11.6. The molecule has 1 heterocycles. The quantitative estimate of drug-likeness (QED) is 0.738. The molecule has 1 aromatic heterocycles. The third-order valence-electron chi connectivity index (χ3n) is 2.88. The molecule has 0 aromatic carbocycles. The Balaban J connectivity index is 3.19. The molecular formula is C11H21N5O2. The lowest BCUT2D eigenvalue weighted by Crippen LogP contribution is -2.45. The summed E-state index contributed by atoms with van der Waals surface area (Å²) in [5.41, 5.74) is 4.71. The van der Waals surface area contributed by atoms with E-state index in [9.17, 15) is 9.59 Å². The van der Waals surface area contributed by atoms with E-state index in [2.05, 4.69) is 5.10 Å². The summed E-state index contributed by atoms with van der Waals surface area (Å²) in [4.78, 5) is 25.2. The highest BCUT2D eigenvalue weighted by atomic mass is 16.2. The Morgan fingerprint density at radius 1 is 1.33 bits per heavy atom. The van der Waals surface area contributed by atoms with E-state index in [4.69, 9.17) is 5.73 Å². The van der Waals surface area contributed by atoms with Gasteiger partial charge >= 0.3 is 5.69 Å². The summed E-state index contributed by atoms with van der Waals surface area (Å²) in [6, 6.07) is 0. The summed E-state index contributed by atoms with van der Waals surface area (Å²) in [5, 5.41) is 4.01. The van der Waals surface area contributed by atoms with Crippen molar-refractivity contribution >= 4 is 5.82 Å². The lowest BCUT2D eigenvalue weighted by atomic mass is 9.93. The van der Waals surface area contributed by atoms with Crippen LogP contribution in [0.1, 0.15) is 13.8 Å². The lowest BCUT2D eigenvalue weighted by Gasteiger charge is -2.29. The molecule has 102 valence electrons. The predicted molar refractivity (Wildman–Crippen MR) is 70.8 cm³/mol. The maximum Gasteiger partial charge on any atom is 0.346 e. The van der Waals surface area contributed by atoms with Crippen LogP contribution in [0, 0.1) is 5.41 Å². The average molecular weight is 255 g/mol. The van der Waals surface area contributed by atoms with Crippen molar-refractivity contribution in [3.05, 3.63) is 20.8 Å². The van der Waals surface area contributed by atoms with Crippen LogP contribution in [0.25, 0.3) is 0 Å². The molecule has 0 unspecified atom stereocenters. The first kappa shape index (κ1) is 14.4. The highest BCUT2D eigenvalue weighted by Gasteiger charge is 2.21. The molecule has 1 aromatic rings. The fraction of sp³-hybridized carbons (Fsp3) is 0.727. The number of anilines is 1. The second-order valence-corrected chi connectivity index (χ2v) is 5.32. The molecule has 1 rings (SSSR count). The Bertz CT molecular complexity index is 543. The first-order chi connectivity index (χ1) is 8.19. The maximum atomic E-state index is 12.0. The number of nitrogens with two attached hydrogens (primary N) is 1. The standard InChI is InChI=1S/C11H21N5O2/c1-11(2,6-12)7-14(3)8-9(17)15(4)10(18)16(5)13-8/h6-7,12H2,1-5H3. The minimum absolute atomic E-state index is 0.129. The van der Waals surface area contributed by atoms with E-state index in [1.807, 2.05) is 13.8 Å². The molecule has 7 nitrogen and oxygen atoms in total. The van der Waals surface area contributed by atoms with Crippen molar-refractivity contribution in [2.45, 2.75) is 13.8 Å². The van der Waals surface area contributed by atoms with Crippen molar-refractivity contribution in [3.8, 4) is 0 Å². The second kappa shape index (κ2) is 4.93. The summed E-state index contributed by atoms with van der Waals surface area (Å²) < 4.78 is 2.21. The zero-order chi connectivity index (χ0) is 14.1. The van der Waals surface area contributed by atoms with E-state index >= 15 is 0 Å². The van der Waals surface area contributed by atoms with Crippen molar-refractivity contribution in [1.29, 1.82) is 0 Å². The van der Waals surface area contributed by atoms with Gasteiger partial charge in [-0.25, -0.2) is 9.48 Å². The Labute approximate surface area is 106 Å². The van der Waals surface area contributed by atoms with Crippen LogP contribution >= 0.6 is 0 Å². The SMILES string of the molecule is CN(CC(C)(C)CN)c1nn(C)c(=O)n(C)c1=O. The van der Waals surface area contributed by atoms with Crippen molar-refractivity contribution in [1.82, 2.24) is 14.3 Å². The number of nitrogens with zero attached hydrogens (tertiary/aromatic N) is 4. The van der Waals surface area contributed by atoms with Gasteiger partial charge in [-0.05, 0) is 12.0 Å². The van der Waals surface area contributed by atoms with Gasteiger partial charge in [0.25, 0.3) is 5.56 Å². The maximum absolute atomic E-state index is 12.0. The van der Waals surface area contributed by atoms with E-state index in [1.54, 1.807) is 11.9 Å². The second-order valence-electron chi connectivity index (χ2n) is 5.32. The third kappa shape index (κ3) is 2.79. The molecule has 0 aliphatic rings. The van der Waals surface area contributed by atoms with Gasteiger partial charge in [0.05, 0.1) is 0 Å². The Hall–Kier alpha value is -1.63. The topological polar surface area (TPSA) is 86.2 Å². The van der Waals surface area contributed by atoms with Crippen molar-refractivity contribution in [3.63, 3.8) is 0 Å². The summed E-state index contributed by atoms with van der Waals surface area (Å²) >= 11 is 0. The smallest absolute Gasteiger partial charge is 0.346 e. The van der Waals surface area contributed by atoms with E-state index in [1.165, 1.54) is 14.1 Å². The highest BCUT2D eigenvalue weighted by molar-refractivity contribution is 5.33. The molecule has 0 aliphatic heterocycles. The first-order valence-electron chi connectivity index (χ1n) is 5.75. The van der Waals surface area contributed by atoms with Crippen LogP contribution in [0.5, 0.6) is 0 Å². The molecule has 0 amide bonds. The molecule has 18 heavy (non-hydrogen) atoms. The molecule has 0 atom stereocenters. The number of aryl methyl sites for hydroxylation is 1. The number of aromatic nitrogens is 3. The summed E-state index contributed by atoms with van der Waals surface area (Å²) in [5.74, 6) is 0.251. The van der Waals surface area contributed by atoms with E-state index in [0.717, 1.165) is 9.25 Å². The molecule has 0 radical (unpaired) electrons. The Kier molecular flexibility index (Phi) is 3.95. The van der Waals surface area contributed by atoms with Gasteiger partial charge in [-0.1, -0.05) is 13.8 Å². The fourth-order valence-corrected chi connectivity index (χ4v) is 1.70. The third-order valence-corrected chi connectivity index (χ3v) is 2.88. The zero-order valence-electron chi connectivity index (χ0n) is 11.6. The molecule has 0 spiro atoms. The molecular weight excluding hydrogens is 234 g/mol. The monoisotopic (exact) mass is 255 g/mol. The number of hydrogen-bond donors (Lipinski definition) is 1. The predicted octanol–water partition coefficient (Wildman–Crippen LogP) is -1.10. The van der Waals surface area contributed by atoms with Gasteiger partial charge in [0.1, 0.15) is 0 Å². The molecule has 0 bridgehead atoms. The van der Waals surface area contributed by atoms with Crippen LogP contribution in [-0.4, -0.2) is 34.5 Å². The molecule has 0 saturated heterocycles.